The van der Waals surface area contributed by atoms with Gasteiger partial charge in [-0.1, -0.05) is 24.3 Å². The lowest BCUT2D eigenvalue weighted by Crippen LogP contribution is -2.42. The molecule has 7 rings (SSSR count). The maximum Gasteiger partial charge on any atom is 0.319 e. The maximum absolute atomic E-state index is 14.1. The van der Waals surface area contributed by atoms with Crippen LogP contribution in [0.25, 0.3) is 5.57 Å². The molecule has 4 aliphatic rings. The van der Waals surface area contributed by atoms with Crippen LogP contribution in [0, 0.1) is 24.7 Å². The van der Waals surface area contributed by atoms with E-state index >= 15 is 0 Å². The largest absolute Gasteiger partial charge is 0.494 e. The lowest BCUT2D eigenvalue weighted by molar-refractivity contribution is -0.142. The van der Waals surface area contributed by atoms with Crippen LogP contribution in [-0.2, 0) is 14.4 Å². The number of hydrogen-bond acceptors (Lipinski definition) is 7. The molecule has 0 bridgehead atoms. The Morgan fingerprint density at radius 3 is 2.44 bits per heavy atom. The van der Waals surface area contributed by atoms with Crippen molar-refractivity contribution in [2.24, 2.45) is 17.8 Å². The van der Waals surface area contributed by atoms with Gasteiger partial charge in [0.25, 0.3) is 0 Å². The number of nitrogens with zero attached hydrogens (tertiary/aromatic N) is 1. The van der Waals surface area contributed by atoms with Crippen molar-refractivity contribution >= 4 is 29.0 Å². The lowest BCUT2D eigenvalue weighted by atomic mass is 9.64. The second-order valence-electron chi connectivity index (χ2n) is 10.1. The molecule has 1 fully saturated rings. The summed E-state index contributed by atoms with van der Waals surface area (Å²) < 4.78 is 22.4. The highest BCUT2D eigenvalue weighted by Crippen LogP contribution is 2.55. The monoisotopic (exact) mass is 523 g/mol. The van der Waals surface area contributed by atoms with Crippen LogP contribution in [0.15, 0.2) is 66.7 Å². The molecule has 0 N–H and O–H groups in total. The number of hydrogen-bond donors (Lipinski definition) is 0. The third-order valence-corrected chi connectivity index (χ3v) is 7.94. The lowest BCUT2D eigenvalue weighted by Gasteiger charge is -2.38. The zero-order valence-corrected chi connectivity index (χ0v) is 21.4. The van der Waals surface area contributed by atoms with Gasteiger partial charge in [0.05, 0.1) is 30.0 Å². The second kappa shape index (κ2) is 8.73. The Morgan fingerprint density at radius 2 is 1.64 bits per heavy atom. The highest BCUT2D eigenvalue weighted by atomic mass is 16.7. The molecule has 0 saturated carbocycles. The number of rotatable bonds is 4. The molecule has 2 amide bonds. The fourth-order valence-electron chi connectivity index (χ4n) is 6.23. The highest BCUT2D eigenvalue weighted by Gasteiger charge is 2.60. The van der Waals surface area contributed by atoms with Crippen molar-refractivity contribution in [2.75, 3.05) is 18.3 Å². The van der Waals surface area contributed by atoms with Crippen molar-refractivity contribution < 1.29 is 33.3 Å². The summed E-state index contributed by atoms with van der Waals surface area (Å²) in [7, 11) is 0. The molecular formula is C31H25NO7. The average molecular weight is 524 g/mol. The number of ether oxygens (including phenoxy) is 4. The van der Waals surface area contributed by atoms with Gasteiger partial charge in [-0.3, -0.25) is 14.4 Å². The average Bonchev–Trinajstić information content (AvgIpc) is 3.50. The molecule has 1 saturated heterocycles. The molecular weight excluding hydrogens is 498 g/mol. The van der Waals surface area contributed by atoms with Crippen LogP contribution in [0.3, 0.4) is 0 Å². The summed E-state index contributed by atoms with van der Waals surface area (Å²) in [4.78, 5) is 42.8. The zero-order chi connectivity index (χ0) is 26.8. The predicted molar refractivity (Wildman–Crippen MR) is 141 cm³/mol. The van der Waals surface area contributed by atoms with E-state index in [1.807, 2.05) is 56.3 Å². The molecule has 8 heteroatoms. The Kier molecular flexibility index (Phi) is 5.26. The summed E-state index contributed by atoms with van der Waals surface area (Å²) in [5, 5.41) is 0. The molecule has 3 aromatic carbocycles. The molecule has 3 aromatic rings. The summed E-state index contributed by atoms with van der Waals surface area (Å²) in [5.41, 5.74) is 3.67. The first-order chi connectivity index (χ1) is 18.9. The molecule has 39 heavy (non-hydrogen) atoms. The van der Waals surface area contributed by atoms with Gasteiger partial charge in [-0.05, 0) is 73.0 Å². The van der Waals surface area contributed by atoms with E-state index in [9.17, 15) is 14.4 Å². The van der Waals surface area contributed by atoms with Crippen LogP contribution >= 0.6 is 0 Å². The maximum atomic E-state index is 14.1. The molecule has 4 atom stereocenters. The summed E-state index contributed by atoms with van der Waals surface area (Å²) in [5.74, 6) is -2.04. The van der Waals surface area contributed by atoms with E-state index in [4.69, 9.17) is 18.9 Å². The first-order valence-corrected chi connectivity index (χ1v) is 13.0. The van der Waals surface area contributed by atoms with E-state index < -0.39 is 35.5 Å². The van der Waals surface area contributed by atoms with Gasteiger partial charge in [-0.15, -0.1) is 0 Å². The SMILES string of the molecule is CCOc1ccc(N2C(=O)[C@@H]3[C@@H]4C(=O)Oc5cc(C)ccc5C4=C[C@@H](c4ccc5c(c4)OCO5)[C@@H]3C2=O)cc1. The predicted octanol–water partition coefficient (Wildman–Crippen LogP) is 4.64. The molecule has 0 radical (unpaired) electrons. The van der Waals surface area contributed by atoms with Crippen LogP contribution in [0.2, 0.25) is 0 Å². The summed E-state index contributed by atoms with van der Waals surface area (Å²) >= 11 is 0. The van der Waals surface area contributed by atoms with Crippen LogP contribution in [0.4, 0.5) is 5.69 Å². The van der Waals surface area contributed by atoms with Crippen molar-refractivity contribution in [2.45, 2.75) is 19.8 Å². The van der Waals surface area contributed by atoms with Crippen LogP contribution < -0.4 is 23.8 Å². The Balaban J connectivity index is 1.38. The summed E-state index contributed by atoms with van der Waals surface area (Å²) in [6, 6.07) is 18.1. The van der Waals surface area contributed by atoms with E-state index in [0.717, 1.165) is 16.7 Å². The molecule has 3 aliphatic heterocycles. The Bertz CT molecular complexity index is 1570. The second-order valence-corrected chi connectivity index (χ2v) is 10.1. The van der Waals surface area contributed by atoms with Crippen LogP contribution in [0.1, 0.15) is 29.5 Å². The van der Waals surface area contributed by atoms with E-state index in [1.165, 1.54) is 4.90 Å². The number of carbonyl (C=O) groups is 3. The van der Waals surface area contributed by atoms with E-state index in [-0.39, 0.29) is 12.7 Å². The fourth-order valence-corrected chi connectivity index (χ4v) is 6.23. The van der Waals surface area contributed by atoms with Gasteiger partial charge in [0.15, 0.2) is 11.5 Å². The quantitative estimate of drug-likeness (QED) is 0.279. The molecule has 0 unspecified atom stereocenters. The van der Waals surface area contributed by atoms with Gasteiger partial charge in [0.2, 0.25) is 18.6 Å². The van der Waals surface area contributed by atoms with Gasteiger partial charge in [0, 0.05) is 11.5 Å². The number of anilines is 1. The third kappa shape index (κ3) is 3.55. The fraction of sp³-hybridized carbons (Fsp3) is 0.258. The normalized spacial score (nSPS) is 24.5. The van der Waals surface area contributed by atoms with Gasteiger partial charge in [-0.2, -0.15) is 0 Å². The first-order valence-electron chi connectivity index (χ1n) is 13.0. The zero-order valence-electron chi connectivity index (χ0n) is 21.4. The number of fused-ring (bicyclic) bond motifs is 6. The van der Waals surface area contributed by atoms with E-state index in [1.54, 1.807) is 24.3 Å². The van der Waals surface area contributed by atoms with Gasteiger partial charge < -0.3 is 18.9 Å². The smallest absolute Gasteiger partial charge is 0.319 e. The highest BCUT2D eigenvalue weighted by molar-refractivity contribution is 6.24. The topological polar surface area (TPSA) is 91.4 Å². The Morgan fingerprint density at radius 1 is 0.872 bits per heavy atom. The number of amides is 2. The third-order valence-electron chi connectivity index (χ3n) is 7.94. The van der Waals surface area contributed by atoms with E-state index in [2.05, 4.69) is 0 Å². The van der Waals surface area contributed by atoms with Crippen LogP contribution in [0.5, 0.6) is 23.0 Å². The van der Waals surface area contributed by atoms with Gasteiger partial charge >= 0.3 is 5.97 Å². The standard InChI is InChI=1S/C31H25NO7/c1-3-36-19-8-6-18(7-9-19)32-29(33)26-21(17-5-11-23-25(13-17)38-15-37-23)14-22-20-10-4-16(2)12-24(20)39-31(35)27(22)28(26)30(32)34/h4-14,21,26-28H,3,15H2,1-2H3/t21-,26-,27+,28-/m0/s1. The van der Waals surface area contributed by atoms with Crippen molar-refractivity contribution in [1.29, 1.82) is 0 Å². The molecule has 8 nitrogen and oxygen atoms in total. The summed E-state index contributed by atoms with van der Waals surface area (Å²) in [6.45, 7) is 4.44. The minimum absolute atomic E-state index is 0.125. The first kappa shape index (κ1) is 23.5. The Hall–Kier alpha value is -4.59. The molecule has 3 heterocycles. The number of carbonyl (C=O) groups excluding carboxylic acids is 3. The summed E-state index contributed by atoms with van der Waals surface area (Å²) in [6.07, 6.45) is 1.96. The Labute approximate surface area is 224 Å². The van der Waals surface area contributed by atoms with Crippen molar-refractivity contribution in [3.05, 3.63) is 83.4 Å². The minimum Gasteiger partial charge on any atom is -0.494 e. The molecule has 0 aromatic heterocycles. The van der Waals surface area contributed by atoms with Gasteiger partial charge in [-0.25, -0.2) is 4.90 Å². The van der Waals surface area contributed by atoms with Crippen molar-refractivity contribution in [1.82, 2.24) is 0 Å². The minimum atomic E-state index is -0.915. The van der Waals surface area contributed by atoms with E-state index in [0.29, 0.717) is 40.9 Å². The van der Waals surface area contributed by atoms with Crippen molar-refractivity contribution in [3.8, 4) is 23.0 Å². The molecule has 0 spiro atoms. The number of allylic oxidation sites excluding steroid dienone is 1. The number of benzene rings is 3. The number of imide groups is 1. The molecule has 196 valence electrons. The molecule has 1 aliphatic carbocycles. The van der Waals surface area contributed by atoms with Gasteiger partial charge in [0.1, 0.15) is 11.5 Å². The number of esters is 1. The van der Waals surface area contributed by atoms with Crippen molar-refractivity contribution in [3.63, 3.8) is 0 Å². The van der Waals surface area contributed by atoms with Crippen LogP contribution in [-0.4, -0.2) is 31.2 Å². The number of aryl methyl sites for hydroxylation is 1.